The molecule has 0 fully saturated rings. The Balaban J connectivity index is 2.42. The highest BCUT2D eigenvalue weighted by Crippen LogP contribution is 2.46. The van der Waals surface area contributed by atoms with Crippen LogP contribution in [0.25, 0.3) is 0 Å². The van der Waals surface area contributed by atoms with Crippen molar-refractivity contribution in [1.29, 1.82) is 0 Å². The average molecular weight is 398 g/mol. The standard InChI is InChI=1S/C17H23Cl3O4/c1-2-3-4-5-6-7-8-9-10-24-17(23)11-12(18)13(19)14(20)16(22)15(11)21/h21-22H,2-10H2,1H3. The Kier molecular flexibility index (Phi) is 9.64. The molecule has 0 saturated carbocycles. The molecule has 0 unspecified atom stereocenters. The summed E-state index contributed by atoms with van der Waals surface area (Å²) in [6, 6.07) is 0. The van der Waals surface area contributed by atoms with E-state index in [1.54, 1.807) is 0 Å². The highest BCUT2D eigenvalue weighted by atomic mass is 35.5. The van der Waals surface area contributed by atoms with E-state index in [0.717, 1.165) is 19.3 Å². The van der Waals surface area contributed by atoms with Gasteiger partial charge in [-0.15, -0.1) is 0 Å². The predicted octanol–water partition coefficient (Wildman–Crippen LogP) is 6.36. The summed E-state index contributed by atoms with van der Waals surface area (Å²) in [5.74, 6) is -2.25. The molecule has 0 aromatic heterocycles. The van der Waals surface area contributed by atoms with Gasteiger partial charge in [-0.25, -0.2) is 4.79 Å². The molecule has 7 heteroatoms. The van der Waals surface area contributed by atoms with Gasteiger partial charge in [-0.1, -0.05) is 86.7 Å². The molecule has 1 aromatic carbocycles. The van der Waals surface area contributed by atoms with E-state index in [2.05, 4.69) is 6.92 Å². The Morgan fingerprint density at radius 3 is 1.96 bits per heavy atom. The number of halogens is 3. The second-order valence-corrected chi connectivity index (χ2v) is 6.76. The summed E-state index contributed by atoms with van der Waals surface area (Å²) in [5, 5.41) is 18.7. The molecule has 0 radical (unpaired) electrons. The maximum atomic E-state index is 12.0. The van der Waals surface area contributed by atoms with Gasteiger partial charge in [-0.3, -0.25) is 0 Å². The van der Waals surface area contributed by atoms with Crippen LogP contribution in [0.4, 0.5) is 0 Å². The van der Waals surface area contributed by atoms with Crippen molar-refractivity contribution in [3.63, 3.8) is 0 Å². The van der Waals surface area contributed by atoms with Crippen LogP contribution >= 0.6 is 34.8 Å². The maximum absolute atomic E-state index is 12.0. The van der Waals surface area contributed by atoms with Crippen molar-refractivity contribution in [2.75, 3.05) is 6.61 Å². The van der Waals surface area contributed by atoms with Crippen molar-refractivity contribution in [2.24, 2.45) is 0 Å². The van der Waals surface area contributed by atoms with Crippen LogP contribution in [0.1, 0.15) is 68.6 Å². The fraction of sp³-hybridized carbons (Fsp3) is 0.588. The molecule has 0 heterocycles. The third-order valence-electron chi connectivity index (χ3n) is 3.71. The van der Waals surface area contributed by atoms with Gasteiger partial charge in [0, 0.05) is 0 Å². The van der Waals surface area contributed by atoms with Crippen LogP contribution in [0.15, 0.2) is 0 Å². The van der Waals surface area contributed by atoms with Gasteiger partial charge in [-0.2, -0.15) is 0 Å². The zero-order valence-corrected chi connectivity index (χ0v) is 16.0. The Morgan fingerprint density at radius 1 is 0.833 bits per heavy atom. The Labute approximate surface area is 157 Å². The quantitative estimate of drug-likeness (QED) is 0.209. The highest BCUT2D eigenvalue weighted by Gasteiger charge is 2.26. The number of esters is 1. The molecule has 0 aliphatic rings. The maximum Gasteiger partial charge on any atom is 0.343 e. The third kappa shape index (κ3) is 5.91. The number of phenols is 2. The van der Waals surface area contributed by atoms with E-state index >= 15 is 0 Å². The van der Waals surface area contributed by atoms with Crippen LogP contribution in [0.3, 0.4) is 0 Å². The van der Waals surface area contributed by atoms with Gasteiger partial charge in [0.1, 0.15) is 10.6 Å². The lowest BCUT2D eigenvalue weighted by Gasteiger charge is -2.12. The fourth-order valence-electron chi connectivity index (χ4n) is 2.30. The van der Waals surface area contributed by atoms with Crippen molar-refractivity contribution >= 4 is 40.8 Å². The Morgan fingerprint density at radius 2 is 1.38 bits per heavy atom. The molecule has 2 N–H and O–H groups in total. The molecule has 136 valence electrons. The van der Waals surface area contributed by atoms with Gasteiger partial charge >= 0.3 is 5.97 Å². The second kappa shape index (κ2) is 10.9. The van der Waals surface area contributed by atoms with Gasteiger partial charge in [-0.05, 0) is 6.42 Å². The van der Waals surface area contributed by atoms with E-state index in [-0.39, 0.29) is 27.2 Å². The summed E-state index contributed by atoms with van der Waals surface area (Å²) in [7, 11) is 0. The number of aromatic hydroxyl groups is 2. The number of hydrogen-bond donors (Lipinski definition) is 2. The molecule has 0 amide bonds. The summed E-state index contributed by atoms with van der Waals surface area (Å²) in [5.41, 5.74) is -0.372. The molecule has 1 aromatic rings. The van der Waals surface area contributed by atoms with Crippen LogP contribution in [0, 0.1) is 0 Å². The summed E-state index contributed by atoms with van der Waals surface area (Å²) >= 11 is 17.4. The third-order valence-corrected chi connectivity index (χ3v) is 5.03. The van der Waals surface area contributed by atoms with Crippen molar-refractivity contribution in [3.8, 4) is 11.5 Å². The van der Waals surface area contributed by atoms with Gasteiger partial charge in [0.05, 0.1) is 16.7 Å². The molecule has 0 bridgehead atoms. The first-order valence-corrected chi connectivity index (χ1v) is 9.30. The van der Waals surface area contributed by atoms with Crippen LogP contribution < -0.4 is 0 Å². The molecular weight excluding hydrogens is 375 g/mol. The molecule has 0 atom stereocenters. The zero-order valence-electron chi connectivity index (χ0n) is 13.7. The van der Waals surface area contributed by atoms with E-state index < -0.39 is 17.5 Å². The molecule has 0 spiro atoms. The highest BCUT2D eigenvalue weighted by molar-refractivity contribution is 6.50. The summed E-state index contributed by atoms with van der Waals surface area (Å²) in [6.45, 7) is 2.40. The molecule has 24 heavy (non-hydrogen) atoms. The minimum absolute atomic E-state index is 0.201. The lowest BCUT2D eigenvalue weighted by Crippen LogP contribution is -2.08. The minimum atomic E-state index is -0.839. The number of unbranched alkanes of at least 4 members (excludes halogenated alkanes) is 7. The summed E-state index contributed by atoms with van der Waals surface area (Å²) in [6.07, 6.45) is 8.98. The van der Waals surface area contributed by atoms with Gasteiger partial charge in [0.15, 0.2) is 11.5 Å². The molecule has 0 saturated heterocycles. The lowest BCUT2D eigenvalue weighted by atomic mass is 10.1. The predicted molar refractivity (Wildman–Crippen MR) is 97.7 cm³/mol. The van der Waals surface area contributed by atoms with Crippen LogP contribution in [0.5, 0.6) is 11.5 Å². The Hall–Kier alpha value is -0.840. The van der Waals surface area contributed by atoms with E-state index in [4.69, 9.17) is 39.5 Å². The first-order chi connectivity index (χ1) is 11.4. The number of carbonyl (C=O) groups excluding carboxylic acids is 1. The second-order valence-electron chi connectivity index (χ2n) is 5.62. The topological polar surface area (TPSA) is 66.8 Å². The first-order valence-electron chi connectivity index (χ1n) is 8.17. The average Bonchev–Trinajstić information content (AvgIpc) is 2.57. The largest absolute Gasteiger partial charge is 0.504 e. The number of phenolic OH excluding ortho intramolecular Hbond substituents is 2. The van der Waals surface area contributed by atoms with Crippen molar-refractivity contribution in [1.82, 2.24) is 0 Å². The van der Waals surface area contributed by atoms with Crippen molar-refractivity contribution in [2.45, 2.75) is 58.3 Å². The molecule has 0 aliphatic carbocycles. The van der Waals surface area contributed by atoms with Crippen LogP contribution in [-0.4, -0.2) is 22.8 Å². The molecule has 1 rings (SSSR count). The summed E-state index contributed by atoms with van der Waals surface area (Å²) in [4.78, 5) is 12.0. The Bertz CT molecular complexity index is 532. The minimum Gasteiger partial charge on any atom is -0.504 e. The number of hydrogen-bond acceptors (Lipinski definition) is 4. The van der Waals surface area contributed by atoms with Crippen molar-refractivity contribution < 1.29 is 19.7 Å². The summed E-state index contributed by atoms with van der Waals surface area (Å²) < 4.78 is 5.09. The van der Waals surface area contributed by atoms with E-state index in [9.17, 15) is 15.0 Å². The first kappa shape index (κ1) is 21.2. The number of carbonyl (C=O) groups is 1. The number of rotatable bonds is 10. The monoisotopic (exact) mass is 396 g/mol. The van der Waals surface area contributed by atoms with Crippen LogP contribution in [0.2, 0.25) is 15.1 Å². The van der Waals surface area contributed by atoms with E-state index in [1.165, 1.54) is 32.1 Å². The van der Waals surface area contributed by atoms with Crippen LogP contribution in [-0.2, 0) is 4.74 Å². The normalized spacial score (nSPS) is 10.8. The smallest absolute Gasteiger partial charge is 0.343 e. The fourth-order valence-corrected chi connectivity index (χ4v) is 2.97. The van der Waals surface area contributed by atoms with E-state index in [1.807, 2.05) is 0 Å². The molecular formula is C17H23Cl3O4. The van der Waals surface area contributed by atoms with Crippen molar-refractivity contribution in [3.05, 3.63) is 20.6 Å². The van der Waals surface area contributed by atoms with Gasteiger partial charge in [0.25, 0.3) is 0 Å². The molecule has 0 aliphatic heterocycles. The SMILES string of the molecule is CCCCCCCCCCOC(=O)c1c(O)c(O)c(Cl)c(Cl)c1Cl. The molecule has 4 nitrogen and oxygen atoms in total. The number of benzene rings is 1. The lowest BCUT2D eigenvalue weighted by molar-refractivity contribution is 0.0494. The number of ether oxygens (including phenoxy) is 1. The van der Waals surface area contributed by atoms with E-state index in [0.29, 0.717) is 0 Å². The van der Waals surface area contributed by atoms with Gasteiger partial charge in [0.2, 0.25) is 0 Å². The zero-order chi connectivity index (χ0) is 18.1. The van der Waals surface area contributed by atoms with Gasteiger partial charge < -0.3 is 14.9 Å².